The molecule has 7 N–H and O–H groups in total. The van der Waals surface area contributed by atoms with Gasteiger partial charge in [-0.1, -0.05) is 13.3 Å². The fourth-order valence-corrected chi connectivity index (χ4v) is 1.83. The third-order valence-electron chi connectivity index (χ3n) is 2.16. The quantitative estimate of drug-likeness (QED) is 0.408. The van der Waals surface area contributed by atoms with Crippen LogP contribution in [-0.4, -0.2) is 19.5 Å². The molecule has 0 aromatic heterocycles. The topological polar surface area (TPSA) is 137 Å². The molecule has 104 valence electrons. The van der Waals surface area contributed by atoms with E-state index in [1.807, 2.05) is 0 Å². The van der Waals surface area contributed by atoms with Crippen LogP contribution in [0.2, 0.25) is 0 Å². The van der Waals surface area contributed by atoms with Crippen molar-refractivity contribution in [3.8, 4) is 0 Å². The van der Waals surface area contributed by atoms with Gasteiger partial charge in [0.1, 0.15) is 10.1 Å². The van der Waals surface area contributed by atoms with Crippen LogP contribution in [0.3, 0.4) is 0 Å². The highest BCUT2D eigenvalue weighted by Gasteiger charge is 2.05. The van der Waals surface area contributed by atoms with E-state index in [1.54, 1.807) is 0 Å². The van der Waals surface area contributed by atoms with Gasteiger partial charge in [-0.3, -0.25) is 0 Å². The van der Waals surface area contributed by atoms with Gasteiger partial charge in [0.05, 0.1) is 11.4 Å². The maximum Gasteiger partial charge on any atom is 0.126 e. The fourth-order valence-electron chi connectivity index (χ4n) is 1.19. The highest BCUT2D eigenvalue weighted by Crippen LogP contribution is 2.20. The van der Waals surface area contributed by atoms with Crippen molar-refractivity contribution in [3.63, 3.8) is 0 Å². The average molecular weight is 275 g/mol. The van der Waals surface area contributed by atoms with Gasteiger partial charge >= 0.3 is 0 Å². The van der Waals surface area contributed by atoms with Crippen molar-refractivity contribution in [2.45, 2.75) is 31.1 Å². The number of benzene rings is 1. The third kappa shape index (κ3) is 6.43. The SMILES string of the molecule is CCCCC[NH3+].Nc1ccc(N)c(S(=O)(=O)[O-])c1. The summed E-state index contributed by atoms with van der Waals surface area (Å²) in [5.41, 5.74) is 14.3. The van der Waals surface area contributed by atoms with Gasteiger partial charge in [-0.15, -0.1) is 0 Å². The number of nitrogen functional groups attached to an aromatic ring is 2. The first kappa shape index (κ1) is 16.7. The molecule has 0 atom stereocenters. The van der Waals surface area contributed by atoms with Crippen molar-refractivity contribution in [3.05, 3.63) is 18.2 Å². The van der Waals surface area contributed by atoms with Gasteiger partial charge in [0.15, 0.2) is 0 Å². The molecule has 0 radical (unpaired) electrons. The zero-order valence-corrected chi connectivity index (χ0v) is 11.4. The molecular weight excluding hydrogens is 254 g/mol. The minimum atomic E-state index is -4.51. The minimum Gasteiger partial charge on any atom is -0.744 e. The molecule has 0 saturated heterocycles. The van der Waals surface area contributed by atoms with Crippen molar-refractivity contribution in [1.82, 2.24) is 0 Å². The Morgan fingerprint density at radius 3 is 2.22 bits per heavy atom. The lowest BCUT2D eigenvalue weighted by Crippen LogP contribution is -2.49. The van der Waals surface area contributed by atoms with Crippen molar-refractivity contribution in [2.75, 3.05) is 18.0 Å². The molecule has 0 saturated carbocycles. The standard InChI is InChI=1S/C6H8N2O3S.C5H13N/c7-4-1-2-5(8)6(3-4)12(9,10)11;1-2-3-4-5-6/h1-3H,7-8H2,(H,9,10,11);2-6H2,1H3. The molecule has 0 spiro atoms. The van der Waals surface area contributed by atoms with Crippen LogP contribution < -0.4 is 17.2 Å². The summed E-state index contributed by atoms with van der Waals surface area (Å²) in [4.78, 5) is -0.470. The summed E-state index contributed by atoms with van der Waals surface area (Å²) in [7, 11) is -4.51. The van der Waals surface area contributed by atoms with Crippen LogP contribution >= 0.6 is 0 Å². The summed E-state index contributed by atoms with van der Waals surface area (Å²) in [6, 6.07) is 3.74. The number of nitrogens with two attached hydrogens (primary N) is 2. The van der Waals surface area contributed by atoms with E-state index in [0.29, 0.717) is 0 Å². The second-order valence-corrected chi connectivity index (χ2v) is 5.16. The van der Waals surface area contributed by atoms with Gasteiger partial charge in [-0.25, -0.2) is 8.42 Å². The highest BCUT2D eigenvalue weighted by molar-refractivity contribution is 7.86. The van der Waals surface area contributed by atoms with Gasteiger partial charge < -0.3 is 21.8 Å². The molecule has 1 rings (SSSR count). The van der Waals surface area contributed by atoms with Crippen molar-refractivity contribution >= 4 is 21.5 Å². The number of rotatable bonds is 4. The fraction of sp³-hybridized carbons (Fsp3) is 0.455. The van der Waals surface area contributed by atoms with Gasteiger partial charge in [0.2, 0.25) is 0 Å². The largest absolute Gasteiger partial charge is 0.744 e. The Morgan fingerprint density at radius 2 is 1.89 bits per heavy atom. The zero-order valence-electron chi connectivity index (χ0n) is 10.6. The number of hydrogen-bond acceptors (Lipinski definition) is 5. The summed E-state index contributed by atoms with van der Waals surface area (Å²) in [6.07, 6.45) is 3.97. The van der Waals surface area contributed by atoms with E-state index in [1.165, 1.54) is 31.4 Å². The van der Waals surface area contributed by atoms with Gasteiger partial charge in [-0.05, 0) is 31.0 Å². The summed E-state index contributed by atoms with van der Waals surface area (Å²) < 4.78 is 31.5. The van der Waals surface area contributed by atoms with Gasteiger partial charge in [0.25, 0.3) is 0 Å². The Hall–Kier alpha value is -1.31. The molecular formula is C11H21N3O3S. The predicted octanol–water partition coefficient (Wildman–Crippen LogP) is 0.174. The Labute approximate surface area is 108 Å². The molecule has 1 aromatic rings. The van der Waals surface area contributed by atoms with Crippen molar-refractivity contribution in [1.29, 1.82) is 0 Å². The van der Waals surface area contributed by atoms with E-state index < -0.39 is 15.0 Å². The number of unbranched alkanes of at least 4 members (excludes halogenated alkanes) is 2. The van der Waals surface area contributed by atoms with Crippen LogP contribution in [0.1, 0.15) is 26.2 Å². The van der Waals surface area contributed by atoms with Crippen LogP contribution in [0.15, 0.2) is 23.1 Å². The lowest BCUT2D eigenvalue weighted by Gasteiger charge is -2.09. The Morgan fingerprint density at radius 1 is 1.28 bits per heavy atom. The van der Waals surface area contributed by atoms with Crippen LogP contribution in [0.4, 0.5) is 11.4 Å². The Bertz CT molecular complexity index is 457. The van der Waals surface area contributed by atoms with E-state index in [9.17, 15) is 13.0 Å². The molecule has 1 aromatic carbocycles. The molecule has 0 aliphatic heterocycles. The molecule has 0 aliphatic carbocycles. The summed E-state index contributed by atoms with van der Waals surface area (Å²) in [5, 5.41) is 0. The van der Waals surface area contributed by atoms with E-state index in [2.05, 4.69) is 12.7 Å². The Balaban J connectivity index is 0.000000411. The van der Waals surface area contributed by atoms with E-state index >= 15 is 0 Å². The van der Waals surface area contributed by atoms with Crippen molar-refractivity contribution in [2.24, 2.45) is 0 Å². The molecule has 7 heteroatoms. The first-order valence-electron chi connectivity index (χ1n) is 5.73. The molecule has 18 heavy (non-hydrogen) atoms. The summed E-state index contributed by atoms with van der Waals surface area (Å²) >= 11 is 0. The second-order valence-electron chi connectivity index (χ2n) is 3.81. The molecule has 0 unspecified atom stereocenters. The molecule has 0 fully saturated rings. The lowest BCUT2D eigenvalue weighted by atomic mass is 10.3. The number of hydrogen-bond donors (Lipinski definition) is 3. The first-order valence-corrected chi connectivity index (χ1v) is 7.13. The van der Waals surface area contributed by atoms with E-state index in [-0.39, 0.29) is 11.4 Å². The highest BCUT2D eigenvalue weighted by atomic mass is 32.2. The number of quaternary nitrogens is 1. The smallest absolute Gasteiger partial charge is 0.126 e. The molecule has 0 bridgehead atoms. The molecule has 6 nitrogen and oxygen atoms in total. The van der Waals surface area contributed by atoms with Crippen molar-refractivity contribution < 1.29 is 18.7 Å². The third-order valence-corrected chi connectivity index (χ3v) is 3.05. The van der Waals surface area contributed by atoms with Crippen LogP contribution in [-0.2, 0) is 10.1 Å². The normalized spacial score (nSPS) is 10.6. The second kappa shape index (κ2) is 7.91. The molecule has 0 amide bonds. The maximum absolute atomic E-state index is 10.5. The lowest BCUT2D eigenvalue weighted by molar-refractivity contribution is -0.368. The summed E-state index contributed by atoms with van der Waals surface area (Å²) in [6.45, 7) is 3.31. The van der Waals surface area contributed by atoms with Crippen LogP contribution in [0.25, 0.3) is 0 Å². The molecule has 0 heterocycles. The van der Waals surface area contributed by atoms with E-state index in [4.69, 9.17) is 11.5 Å². The van der Waals surface area contributed by atoms with E-state index in [0.717, 1.165) is 12.6 Å². The van der Waals surface area contributed by atoms with Crippen LogP contribution in [0.5, 0.6) is 0 Å². The first-order chi connectivity index (χ1) is 8.32. The number of anilines is 2. The maximum atomic E-state index is 10.5. The molecule has 0 aliphatic rings. The average Bonchev–Trinajstić information content (AvgIpc) is 2.29. The van der Waals surface area contributed by atoms with Crippen LogP contribution in [0, 0.1) is 0 Å². The summed E-state index contributed by atoms with van der Waals surface area (Å²) in [5.74, 6) is 0. The monoisotopic (exact) mass is 275 g/mol. The predicted molar refractivity (Wildman–Crippen MR) is 70.5 cm³/mol. The van der Waals surface area contributed by atoms with Gasteiger partial charge in [-0.2, -0.15) is 0 Å². The Kier molecular flexibility index (Phi) is 7.33. The minimum absolute atomic E-state index is 0.0841. The zero-order chi connectivity index (χ0) is 14.2. The van der Waals surface area contributed by atoms with Gasteiger partial charge in [0, 0.05) is 11.4 Å².